The molecule has 0 heterocycles. The number of halogens is 1. The smallest absolute Gasteiger partial charge is 0.180 e. The molecule has 0 aromatic heterocycles. The molecule has 0 saturated heterocycles. The van der Waals surface area contributed by atoms with Gasteiger partial charge in [-0.3, -0.25) is 0 Å². The molecule has 1 aromatic carbocycles. The molecule has 0 saturated carbocycles. The molecular formula is C11H13IN4S. The summed E-state index contributed by atoms with van der Waals surface area (Å²) in [4.78, 5) is 0. The molecule has 0 spiro atoms. The number of nitriles is 1. The number of amidine groups is 1. The van der Waals surface area contributed by atoms with Crippen molar-refractivity contribution in [3.63, 3.8) is 0 Å². The molecule has 0 atom stereocenters. The van der Waals surface area contributed by atoms with E-state index >= 15 is 0 Å². The highest BCUT2D eigenvalue weighted by atomic mass is 127. The highest BCUT2D eigenvalue weighted by Crippen LogP contribution is 2.01. The lowest BCUT2D eigenvalue weighted by Gasteiger charge is -1.93. The molecule has 4 nitrogen and oxygen atoms in total. The fraction of sp³-hybridized carbons (Fsp3) is 0.182. The monoisotopic (exact) mass is 360 g/mol. The number of nitrogens with two attached hydrogens (primary N) is 1. The van der Waals surface area contributed by atoms with Crippen molar-refractivity contribution in [1.82, 2.24) is 0 Å². The Kier molecular flexibility index (Phi) is 8.44. The minimum Gasteiger partial charge on any atom is -0.377 e. The zero-order valence-corrected chi connectivity index (χ0v) is 12.5. The van der Waals surface area contributed by atoms with Crippen LogP contribution in [0.1, 0.15) is 18.1 Å². The van der Waals surface area contributed by atoms with Crippen LogP contribution in [0.2, 0.25) is 0 Å². The minimum absolute atomic E-state index is 0. The molecule has 1 rings (SSSR count). The van der Waals surface area contributed by atoms with Gasteiger partial charge in [0.05, 0.1) is 17.8 Å². The van der Waals surface area contributed by atoms with Gasteiger partial charge in [-0.2, -0.15) is 10.4 Å². The van der Waals surface area contributed by atoms with Crippen LogP contribution in [0.5, 0.6) is 0 Å². The molecule has 0 radical (unpaired) electrons. The van der Waals surface area contributed by atoms with E-state index in [9.17, 15) is 0 Å². The summed E-state index contributed by atoms with van der Waals surface area (Å²) in [7, 11) is 0. The summed E-state index contributed by atoms with van der Waals surface area (Å²) in [6.45, 7) is 2.00. The summed E-state index contributed by atoms with van der Waals surface area (Å²) >= 11 is 1.44. The van der Waals surface area contributed by atoms with Gasteiger partial charge in [0.15, 0.2) is 5.17 Å². The van der Waals surface area contributed by atoms with Gasteiger partial charge in [0.2, 0.25) is 0 Å². The van der Waals surface area contributed by atoms with Crippen LogP contribution >= 0.6 is 35.7 Å². The van der Waals surface area contributed by atoms with Crippen LogP contribution in [0.15, 0.2) is 34.5 Å². The Morgan fingerprint density at radius 1 is 1.47 bits per heavy atom. The highest BCUT2D eigenvalue weighted by molar-refractivity contribution is 14.0. The molecule has 0 aliphatic heterocycles. The second kappa shape index (κ2) is 9.01. The molecule has 0 fully saturated rings. The maximum absolute atomic E-state index is 8.61. The highest BCUT2D eigenvalue weighted by Gasteiger charge is 1.90. The number of hydrogen-bond donors (Lipinski definition) is 1. The Morgan fingerprint density at radius 2 is 2.12 bits per heavy atom. The molecule has 0 amide bonds. The Balaban J connectivity index is 0.00000256. The summed E-state index contributed by atoms with van der Waals surface area (Å²) in [6.07, 6.45) is 1.60. The Bertz CT molecular complexity index is 434. The number of thioether (sulfide) groups is 1. The van der Waals surface area contributed by atoms with Gasteiger partial charge in [0, 0.05) is 0 Å². The zero-order valence-electron chi connectivity index (χ0n) is 9.33. The lowest BCUT2D eigenvalue weighted by atomic mass is 10.2. The van der Waals surface area contributed by atoms with Crippen LogP contribution in [-0.2, 0) is 0 Å². The minimum atomic E-state index is 0. The molecule has 90 valence electrons. The standard InChI is InChI=1S/C11H12N4S.HI/c1-2-16-11(13)15-14-8-10-5-3-9(7-12)4-6-10;/h3-6,8H,2H2,1H3,(H2,13,15);1H. The fourth-order valence-corrected chi connectivity index (χ4v) is 1.37. The van der Waals surface area contributed by atoms with E-state index in [1.165, 1.54) is 11.8 Å². The van der Waals surface area contributed by atoms with Gasteiger partial charge in [0.25, 0.3) is 0 Å². The van der Waals surface area contributed by atoms with E-state index in [1.807, 2.05) is 13.0 Å². The van der Waals surface area contributed by atoms with Crippen molar-refractivity contribution < 1.29 is 0 Å². The van der Waals surface area contributed by atoms with Gasteiger partial charge in [-0.15, -0.1) is 29.1 Å². The van der Waals surface area contributed by atoms with Crippen LogP contribution in [0.3, 0.4) is 0 Å². The van der Waals surface area contributed by atoms with E-state index in [0.717, 1.165) is 11.3 Å². The van der Waals surface area contributed by atoms with Gasteiger partial charge in [-0.1, -0.05) is 30.8 Å². The van der Waals surface area contributed by atoms with Crippen molar-refractivity contribution >= 4 is 47.1 Å². The third kappa shape index (κ3) is 6.28. The molecule has 6 heteroatoms. The molecule has 0 aliphatic rings. The van der Waals surface area contributed by atoms with Gasteiger partial charge >= 0.3 is 0 Å². The lowest BCUT2D eigenvalue weighted by Crippen LogP contribution is -2.05. The predicted octanol–water partition coefficient (Wildman–Crippen LogP) is 2.58. The van der Waals surface area contributed by atoms with Gasteiger partial charge < -0.3 is 5.73 Å². The quantitative estimate of drug-likeness (QED) is 0.390. The second-order valence-electron chi connectivity index (χ2n) is 2.85. The number of nitrogens with zero attached hydrogens (tertiary/aromatic N) is 3. The summed E-state index contributed by atoms with van der Waals surface area (Å²) in [5.41, 5.74) is 7.06. The van der Waals surface area contributed by atoms with Crippen LogP contribution in [-0.4, -0.2) is 17.1 Å². The van der Waals surface area contributed by atoms with Gasteiger partial charge in [-0.05, 0) is 23.4 Å². The first kappa shape index (κ1) is 15.9. The molecule has 0 bridgehead atoms. The topological polar surface area (TPSA) is 74.5 Å². The third-order valence-electron chi connectivity index (χ3n) is 1.70. The van der Waals surface area contributed by atoms with Crippen molar-refractivity contribution in [3.8, 4) is 6.07 Å². The predicted molar refractivity (Wildman–Crippen MR) is 83.9 cm³/mol. The fourth-order valence-electron chi connectivity index (χ4n) is 0.973. The Morgan fingerprint density at radius 3 is 2.65 bits per heavy atom. The summed E-state index contributed by atoms with van der Waals surface area (Å²) in [5, 5.41) is 16.7. The van der Waals surface area contributed by atoms with E-state index in [2.05, 4.69) is 10.2 Å². The average Bonchev–Trinajstić information content (AvgIpc) is 2.30. The van der Waals surface area contributed by atoms with Crippen LogP contribution in [0.4, 0.5) is 0 Å². The molecular weight excluding hydrogens is 347 g/mol. The van der Waals surface area contributed by atoms with E-state index in [-0.39, 0.29) is 24.0 Å². The lowest BCUT2D eigenvalue weighted by molar-refractivity contribution is 1.25. The second-order valence-corrected chi connectivity index (χ2v) is 4.13. The third-order valence-corrected chi connectivity index (χ3v) is 2.36. The average molecular weight is 360 g/mol. The largest absolute Gasteiger partial charge is 0.377 e. The maximum Gasteiger partial charge on any atom is 0.180 e. The molecule has 0 aliphatic carbocycles. The van der Waals surface area contributed by atoms with Crippen molar-refractivity contribution in [3.05, 3.63) is 35.4 Å². The van der Waals surface area contributed by atoms with Crippen molar-refractivity contribution in [2.24, 2.45) is 15.9 Å². The van der Waals surface area contributed by atoms with Crippen LogP contribution < -0.4 is 5.73 Å². The summed E-state index contributed by atoms with van der Waals surface area (Å²) in [5.74, 6) is 0.877. The van der Waals surface area contributed by atoms with Gasteiger partial charge in [0.1, 0.15) is 0 Å². The van der Waals surface area contributed by atoms with E-state index in [4.69, 9.17) is 11.0 Å². The number of benzene rings is 1. The van der Waals surface area contributed by atoms with Crippen LogP contribution in [0, 0.1) is 11.3 Å². The van der Waals surface area contributed by atoms with Crippen molar-refractivity contribution in [1.29, 1.82) is 5.26 Å². The number of hydrogen-bond acceptors (Lipinski definition) is 4. The first-order valence-corrected chi connectivity index (χ1v) is 5.74. The van der Waals surface area contributed by atoms with Crippen molar-refractivity contribution in [2.75, 3.05) is 5.75 Å². The maximum atomic E-state index is 8.61. The zero-order chi connectivity index (χ0) is 11.8. The Hall–Kier alpha value is -1.07. The normalized spacial score (nSPS) is 10.9. The van der Waals surface area contributed by atoms with E-state index < -0.39 is 0 Å². The molecule has 1 aromatic rings. The molecule has 0 unspecified atom stereocenters. The van der Waals surface area contributed by atoms with E-state index in [1.54, 1.807) is 30.5 Å². The molecule has 17 heavy (non-hydrogen) atoms. The van der Waals surface area contributed by atoms with Gasteiger partial charge in [-0.25, -0.2) is 0 Å². The first-order chi connectivity index (χ1) is 7.76. The first-order valence-electron chi connectivity index (χ1n) is 4.75. The van der Waals surface area contributed by atoms with E-state index in [0.29, 0.717) is 10.7 Å². The summed E-state index contributed by atoms with van der Waals surface area (Å²) in [6, 6.07) is 9.13. The van der Waals surface area contributed by atoms with Crippen molar-refractivity contribution in [2.45, 2.75) is 6.92 Å². The van der Waals surface area contributed by atoms with Crippen LogP contribution in [0.25, 0.3) is 0 Å². The molecule has 2 N–H and O–H groups in total. The SMILES string of the molecule is CCSC(N)=NN=Cc1ccc(C#N)cc1.I. The number of rotatable bonds is 3. The summed E-state index contributed by atoms with van der Waals surface area (Å²) < 4.78 is 0. The Labute approximate surface area is 122 Å².